The molecular formula is C23H24N4O3. The van der Waals surface area contributed by atoms with E-state index in [0.717, 1.165) is 16.8 Å². The van der Waals surface area contributed by atoms with Crippen LogP contribution in [0.1, 0.15) is 36.6 Å². The molecule has 0 aliphatic carbocycles. The molecule has 0 radical (unpaired) electrons. The Hall–Kier alpha value is -3.61. The minimum Gasteiger partial charge on any atom is -0.493 e. The van der Waals surface area contributed by atoms with Crippen molar-refractivity contribution in [2.75, 3.05) is 12.4 Å². The first-order valence-electron chi connectivity index (χ1n) is 9.72. The minimum absolute atomic E-state index is 0.0232. The number of ketones is 1. The van der Waals surface area contributed by atoms with Gasteiger partial charge in [0.15, 0.2) is 17.3 Å². The van der Waals surface area contributed by atoms with E-state index < -0.39 is 0 Å². The molecule has 3 aromatic rings. The summed E-state index contributed by atoms with van der Waals surface area (Å²) in [5, 5.41) is 7.47. The maximum absolute atomic E-state index is 12.4. The Labute approximate surface area is 175 Å². The Morgan fingerprint density at radius 2 is 2.00 bits per heavy atom. The summed E-state index contributed by atoms with van der Waals surface area (Å²) in [5.41, 5.74) is 4.55. The zero-order valence-electron chi connectivity index (χ0n) is 17.5. The lowest BCUT2D eigenvalue weighted by atomic mass is 9.93. The first-order valence-corrected chi connectivity index (χ1v) is 9.72. The quantitative estimate of drug-likeness (QED) is 0.668. The van der Waals surface area contributed by atoms with Gasteiger partial charge >= 0.3 is 0 Å². The van der Waals surface area contributed by atoms with Crippen LogP contribution in [0, 0.1) is 6.92 Å². The van der Waals surface area contributed by atoms with Gasteiger partial charge in [-0.3, -0.25) is 4.79 Å². The summed E-state index contributed by atoms with van der Waals surface area (Å²) in [5.74, 6) is 1.81. The average Bonchev–Trinajstić information content (AvgIpc) is 3.19. The van der Waals surface area contributed by atoms with Crippen molar-refractivity contribution in [1.29, 1.82) is 0 Å². The molecule has 0 bridgehead atoms. The standard InChI is InChI=1S/C23H24N4O3/c1-14-6-5-7-17(10-14)12-30-19-9-8-18(11-20(19)29-4)22-21(16(3)28)15(2)26-23-24-13-25-27(22)23/h5-11,13,22H,12H2,1-4H3,(H,24,25,26). The number of nitrogens with one attached hydrogen (secondary N) is 1. The van der Waals surface area contributed by atoms with Gasteiger partial charge in [0.2, 0.25) is 5.95 Å². The molecule has 1 N–H and O–H groups in total. The molecule has 0 saturated heterocycles. The predicted octanol–water partition coefficient (Wildman–Crippen LogP) is 4.05. The number of carbonyl (C=O) groups excluding carboxylic acids is 1. The van der Waals surface area contributed by atoms with Crippen LogP contribution >= 0.6 is 0 Å². The second-order valence-corrected chi connectivity index (χ2v) is 7.34. The van der Waals surface area contributed by atoms with Crippen LogP contribution in [0.2, 0.25) is 0 Å². The van der Waals surface area contributed by atoms with Crippen LogP contribution < -0.4 is 14.8 Å². The molecule has 0 fully saturated rings. The van der Waals surface area contributed by atoms with Crippen molar-refractivity contribution >= 4 is 11.7 Å². The highest BCUT2D eigenvalue weighted by Gasteiger charge is 2.32. The first-order chi connectivity index (χ1) is 14.5. The summed E-state index contributed by atoms with van der Waals surface area (Å²) in [6, 6.07) is 13.5. The van der Waals surface area contributed by atoms with Crippen LogP contribution in [0.5, 0.6) is 11.5 Å². The Kier molecular flexibility index (Phi) is 5.27. The van der Waals surface area contributed by atoms with Gasteiger partial charge < -0.3 is 14.8 Å². The van der Waals surface area contributed by atoms with Gasteiger partial charge in [0, 0.05) is 11.3 Å². The molecule has 30 heavy (non-hydrogen) atoms. The van der Waals surface area contributed by atoms with E-state index in [1.807, 2.05) is 37.3 Å². The third-order valence-electron chi connectivity index (χ3n) is 5.15. The molecule has 0 saturated carbocycles. The molecule has 4 rings (SSSR count). The average molecular weight is 404 g/mol. The summed E-state index contributed by atoms with van der Waals surface area (Å²) in [6.45, 7) is 5.93. The van der Waals surface area contributed by atoms with E-state index in [1.165, 1.54) is 11.9 Å². The molecule has 7 nitrogen and oxygen atoms in total. The summed E-state index contributed by atoms with van der Waals surface area (Å²) in [4.78, 5) is 16.7. The number of methoxy groups -OCH3 is 1. The van der Waals surface area contributed by atoms with E-state index in [-0.39, 0.29) is 11.8 Å². The van der Waals surface area contributed by atoms with Crippen LogP contribution in [0.15, 0.2) is 60.1 Å². The number of hydrogen-bond acceptors (Lipinski definition) is 6. The monoisotopic (exact) mass is 404 g/mol. The van der Waals surface area contributed by atoms with Gasteiger partial charge in [-0.15, -0.1) is 0 Å². The van der Waals surface area contributed by atoms with Crippen LogP contribution in [0.3, 0.4) is 0 Å². The number of hydrogen-bond donors (Lipinski definition) is 1. The van der Waals surface area contributed by atoms with Crippen molar-refractivity contribution in [2.45, 2.75) is 33.4 Å². The number of rotatable bonds is 6. The van der Waals surface area contributed by atoms with Crippen molar-refractivity contribution < 1.29 is 14.3 Å². The maximum Gasteiger partial charge on any atom is 0.226 e. The maximum atomic E-state index is 12.4. The molecule has 1 unspecified atom stereocenters. The van der Waals surface area contributed by atoms with Gasteiger partial charge in [0.05, 0.1) is 7.11 Å². The minimum atomic E-state index is -0.388. The molecule has 1 aliphatic rings. The Morgan fingerprint density at radius 1 is 1.17 bits per heavy atom. The smallest absolute Gasteiger partial charge is 0.226 e. The number of anilines is 1. The Balaban J connectivity index is 1.68. The molecule has 1 atom stereocenters. The van der Waals surface area contributed by atoms with Gasteiger partial charge in [-0.2, -0.15) is 10.1 Å². The number of aromatic nitrogens is 3. The van der Waals surface area contributed by atoms with Crippen LogP contribution in [-0.4, -0.2) is 27.7 Å². The van der Waals surface area contributed by atoms with E-state index in [9.17, 15) is 4.79 Å². The molecule has 2 aromatic carbocycles. The van der Waals surface area contributed by atoms with E-state index >= 15 is 0 Å². The fraction of sp³-hybridized carbons (Fsp3) is 0.261. The van der Waals surface area contributed by atoms with Gasteiger partial charge in [0.1, 0.15) is 19.0 Å². The Morgan fingerprint density at radius 3 is 2.73 bits per heavy atom. The van der Waals surface area contributed by atoms with E-state index in [0.29, 0.717) is 29.6 Å². The topological polar surface area (TPSA) is 78.3 Å². The number of nitrogens with zero attached hydrogens (tertiary/aromatic N) is 3. The normalized spacial score (nSPS) is 15.4. The van der Waals surface area contributed by atoms with Gasteiger partial charge in [-0.25, -0.2) is 4.68 Å². The zero-order chi connectivity index (χ0) is 21.3. The third-order valence-corrected chi connectivity index (χ3v) is 5.15. The molecule has 0 spiro atoms. The zero-order valence-corrected chi connectivity index (χ0v) is 17.5. The first kappa shape index (κ1) is 19.7. The summed E-state index contributed by atoms with van der Waals surface area (Å²) >= 11 is 0. The SMILES string of the molecule is COc1cc(C2C(C(C)=O)=C(C)Nc3ncnn32)ccc1OCc1cccc(C)c1. The molecular weight excluding hydrogens is 380 g/mol. The number of allylic oxidation sites excluding steroid dienone is 2. The number of ether oxygens (including phenoxy) is 2. The molecule has 154 valence electrons. The molecule has 2 heterocycles. The van der Waals surface area contributed by atoms with Crippen molar-refractivity contribution in [3.8, 4) is 11.5 Å². The van der Waals surface area contributed by atoms with Crippen molar-refractivity contribution in [3.63, 3.8) is 0 Å². The van der Waals surface area contributed by atoms with Crippen LogP contribution in [-0.2, 0) is 11.4 Å². The lowest BCUT2D eigenvalue weighted by molar-refractivity contribution is -0.114. The summed E-state index contributed by atoms with van der Waals surface area (Å²) in [6.07, 6.45) is 1.47. The molecule has 0 amide bonds. The van der Waals surface area contributed by atoms with Gasteiger partial charge in [-0.05, 0) is 44.0 Å². The summed E-state index contributed by atoms with van der Waals surface area (Å²) in [7, 11) is 1.61. The number of Topliss-reactive ketones (excluding diaryl/α,β-unsaturated/α-hetero) is 1. The molecule has 1 aromatic heterocycles. The number of fused-ring (bicyclic) bond motifs is 1. The second kappa shape index (κ2) is 8.02. The van der Waals surface area contributed by atoms with E-state index in [1.54, 1.807) is 18.7 Å². The largest absolute Gasteiger partial charge is 0.493 e. The van der Waals surface area contributed by atoms with Gasteiger partial charge in [0.25, 0.3) is 0 Å². The predicted molar refractivity (Wildman–Crippen MR) is 114 cm³/mol. The van der Waals surface area contributed by atoms with Crippen LogP contribution in [0.4, 0.5) is 5.95 Å². The number of benzene rings is 2. The Bertz CT molecular complexity index is 1130. The van der Waals surface area contributed by atoms with Crippen molar-refractivity contribution in [1.82, 2.24) is 14.8 Å². The van der Waals surface area contributed by atoms with Crippen LogP contribution in [0.25, 0.3) is 0 Å². The summed E-state index contributed by atoms with van der Waals surface area (Å²) < 4.78 is 13.3. The molecule has 1 aliphatic heterocycles. The lowest BCUT2D eigenvalue weighted by Gasteiger charge is -2.28. The fourth-order valence-electron chi connectivity index (χ4n) is 3.79. The molecule has 7 heteroatoms. The van der Waals surface area contributed by atoms with E-state index in [4.69, 9.17) is 9.47 Å². The highest BCUT2D eigenvalue weighted by atomic mass is 16.5. The number of carbonyl (C=O) groups is 1. The fourth-order valence-corrected chi connectivity index (χ4v) is 3.79. The van der Waals surface area contributed by atoms with Crippen molar-refractivity contribution in [2.24, 2.45) is 0 Å². The van der Waals surface area contributed by atoms with Crippen molar-refractivity contribution in [3.05, 3.63) is 76.8 Å². The second-order valence-electron chi connectivity index (χ2n) is 7.34. The third kappa shape index (κ3) is 3.66. The highest BCUT2D eigenvalue weighted by Crippen LogP contribution is 2.38. The number of aryl methyl sites for hydroxylation is 1. The van der Waals surface area contributed by atoms with E-state index in [2.05, 4.69) is 34.5 Å². The lowest BCUT2D eigenvalue weighted by Crippen LogP contribution is -2.27. The highest BCUT2D eigenvalue weighted by molar-refractivity contribution is 5.96. The van der Waals surface area contributed by atoms with Gasteiger partial charge in [-0.1, -0.05) is 35.9 Å².